The van der Waals surface area contributed by atoms with Crippen molar-refractivity contribution < 1.29 is 107 Å². The Balaban J connectivity index is 2.21. The van der Waals surface area contributed by atoms with Crippen LogP contribution in [0.4, 0.5) is 0 Å². The highest BCUT2D eigenvalue weighted by molar-refractivity contribution is 5.93. The first-order valence-corrected chi connectivity index (χ1v) is 22.0. The van der Waals surface area contributed by atoms with E-state index >= 15 is 0 Å². The van der Waals surface area contributed by atoms with Gasteiger partial charge in [0.1, 0.15) is 79.0 Å². The van der Waals surface area contributed by atoms with Crippen molar-refractivity contribution in [1.82, 2.24) is 31.9 Å². The molecule has 0 aromatic carbocycles. The Labute approximate surface area is 400 Å². The number of amides is 7. The molecule has 2 aliphatic rings. The second kappa shape index (κ2) is 28.2. The summed E-state index contributed by atoms with van der Waals surface area (Å²) in [6.07, 6.45) is -18.0. The Morgan fingerprint density at radius 3 is 1.77 bits per heavy atom. The molecule has 0 aromatic rings. The van der Waals surface area contributed by atoms with E-state index in [4.69, 9.17) is 40.3 Å². The third kappa shape index (κ3) is 18.2. The van der Waals surface area contributed by atoms with Crippen LogP contribution in [0.15, 0.2) is 0 Å². The highest BCUT2D eigenvalue weighted by Gasteiger charge is 2.53. The number of carbonyl (C=O) groups excluding carboxylic acids is 8. The average Bonchev–Trinajstić information content (AvgIpc) is 3.27. The fourth-order valence-corrected chi connectivity index (χ4v) is 6.97. The van der Waals surface area contributed by atoms with Gasteiger partial charge in [-0.05, 0) is 53.4 Å². The number of aliphatic hydroxyl groups excluding tert-OH is 5. The third-order valence-electron chi connectivity index (χ3n) is 10.9. The van der Waals surface area contributed by atoms with Gasteiger partial charge in [0.05, 0.1) is 19.3 Å². The number of carbonyl (C=O) groups is 10. The van der Waals surface area contributed by atoms with Gasteiger partial charge in [-0.15, -0.1) is 0 Å². The van der Waals surface area contributed by atoms with Gasteiger partial charge in [-0.1, -0.05) is 0 Å². The molecule has 2 heterocycles. The van der Waals surface area contributed by atoms with Crippen LogP contribution in [0.1, 0.15) is 73.6 Å². The maximum atomic E-state index is 13.5. The predicted molar refractivity (Wildman–Crippen MR) is 230 cm³/mol. The molecular weight excluding hydrogens is 944 g/mol. The Bertz CT molecular complexity index is 1860. The zero-order valence-electron chi connectivity index (χ0n) is 39.2. The monoisotopic (exact) mass is 1010 g/mol. The van der Waals surface area contributed by atoms with E-state index < -0.39 is 189 Å². The summed E-state index contributed by atoms with van der Waals surface area (Å²) in [4.78, 5) is 124. The number of nitrogens with one attached hydrogen (secondary N) is 6. The van der Waals surface area contributed by atoms with E-state index in [1.54, 1.807) is 0 Å². The highest BCUT2D eigenvalue weighted by Crippen LogP contribution is 2.31. The molecule has 0 aromatic heterocycles. The molecule has 17 atom stereocenters. The van der Waals surface area contributed by atoms with Gasteiger partial charge in [0, 0.05) is 20.3 Å². The lowest BCUT2D eigenvalue weighted by atomic mass is 9.94. The van der Waals surface area contributed by atoms with Crippen molar-refractivity contribution in [2.24, 2.45) is 11.5 Å². The molecule has 30 heteroatoms. The van der Waals surface area contributed by atoms with Crippen LogP contribution >= 0.6 is 0 Å². The van der Waals surface area contributed by atoms with Crippen LogP contribution in [-0.4, -0.2) is 212 Å². The number of carboxylic acid groups (broad SMARTS) is 2. The lowest BCUT2D eigenvalue weighted by Crippen LogP contribution is -2.70. The largest absolute Gasteiger partial charge is 0.480 e. The normalized spacial score (nSPS) is 27.3. The van der Waals surface area contributed by atoms with E-state index in [-0.39, 0.29) is 19.3 Å². The van der Waals surface area contributed by atoms with Crippen LogP contribution in [0, 0.1) is 0 Å². The predicted octanol–water partition coefficient (Wildman–Crippen LogP) is -7.85. The van der Waals surface area contributed by atoms with E-state index in [0.29, 0.717) is 0 Å². The quantitative estimate of drug-likeness (QED) is 0.0340. The molecule has 2 fully saturated rings. The van der Waals surface area contributed by atoms with Crippen LogP contribution in [0.25, 0.3) is 0 Å². The van der Waals surface area contributed by atoms with Crippen LogP contribution in [0.3, 0.4) is 0 Å². The SMILES string of the molecule is CC(=O)NC1C(OC2C(CO)OC(O)C(NC(C)=O)C2OC(C)C(=O)NC(C)C(=O)NC(CCC(=O)NC(CCCC(N)C(N)=O)C(=O)NC(C)C(=O)OC(C)C(=O)O)C(=O)O)OC(CO)C(O)C1O. The molecular formula is C40H66N8O22. The number of hydrogen-bond acceptors (Lipinski definition) is 21. The lowest BCUT2D eigenvalue weighted by molar-refractivity contribution is -0.333. The second-order valence-corrected chi connectivity index (χ2v) is 16.6. The van der Waals surface area contributed by atoms with Gasteiger partial charge < -0.3 is 103 Å². The summed E-state index contributed by atoms with van der Waals surface area (Å²) in [6, 6.07) is -10.3. The zero-order valence-corrected chi connectivity index (χ0v) is 39.2. The van der Waals surface area contributed by atoms with Crippen LogP contribution < -0.4 is 43.4 Å². The molecule has 0 radical (unpaired) electrons. The van der Waals surface area contributed by atoms with Crippen molar-refractivity contribution in [3.05, 3.63) is 0 Å². The fourth-order valence-electron chi connectivity index (χ4n) is 6.97. The number of ether oxygens (including phenoxy) is 5. The maximum Gasteiger partial charge on any atom is 0.344 e. The van der Waals surface area contributed by atoms with E-state index in [0.717, 1.165) is 27.7 Å². The first kappa shape index (κ1) is 60.4. The van der Waals surface area contributed by atoms with E-state index in [2.05, 4.69) is 31.9 Å². The average molecular weight is 1010 g/mol. The molecule has 0 spiro atoms. The summed E-state index contributed by atoms with van der Waals surface area (Å²) in [5.41, 5.74) is 10.8. The van der Waals surface area contributed by atoms with E-state index in [9.17, 15) is 78.6 Å². The first-order chi connectivity index (χ1) is 32.6. The van der Waals surface area contributed by atoms with Gasteiger partial charge in [0.2, 0.25) is 41.4 Å². The maximum absolute atomic E-state index is 13.5. The number of aliphatic hydroxyl groups is 5. The Hall–Kier alpha value is -5.70. The molecule has 0 saturated carbocycles. The molecule has 398 valence electrons. The van der Waals surface area contributed by atoms with Crippen LogP contribution in [0.5, 0.6) is 0 Å². The van der Waals surface area contributed by atoms with Crippen molar-refractivity contribution in [2.45, 2.75) is 177 Å². The number of rotatable bonds is 27. The molecule has 30 nitrogen and oxygen atoms in total. The third-order valence-corrected chi connectivity index (χ3v) is 10.9. The number of aliphatic carboxylic acids is 2. The molecule has 17 unspecified atom stereocenters. The number of hydrogen-bond donors (Lipinski definition) is 15. The Kier molecular flexibility index (Phi) is 24.4. The number of esters is 1. The van der Waals surface area contributed by atoms with Gasteiger partial charge >= 0.3 is 17.9 Å². The molecule has 17 N–H and O–H groups in total. The van der Waals surface area contributed by atoms with Gasteiger partial charge in [-0.2, -0.15) is 0 Å². The zero-order chi connectivity index (χ0) is 53.3. The topological polar surface area (TPSA) is 483 Å². The molecule has 2 saturated heterocycles. The number of carboxylic acids is 2. The smallest absolute Gasteiger partial charge is 0.344 e. The standard InChI is InChI=1S/C40H66N8O22/c1-14(33(57)48-22(37(62)63)10-11-25(53)47-21(9-7-8-20(41)32(42)56)35(59)44-15(2)38(64)67-17(4)36(60)61)43-34(58)16(3)66-31-27(46-19(6)52)39(65)68-24(13-50)30(31)70-40-26(45-18(5)51)29(55)28(54)23(12-49)69-40/h14-17,20-24,26-31,39-40,49-50,54-55,65H,7-13,41H2,1-6H3,(H2,42,56)(H,43,58)(H,44,59)(H,45,51)(H,46,52)(H,47,53)(H,48,57)(H,60,61)(H,62,63). The minimum Gasteiger partial charge on any atom is -0.480 e. The molecule has 70 heavy (non-hydrogen) atoms. The van der Waals surface area contributed by atoms with Crippen molar-refractivity contribution in [1.29, 1.82) is 0 Å². The Morgan fingerprint density at radius 2 is 1.23 bits per heavy atom. The van der Waals surface area contributed by atoms with Crippen LogP contribution in [-0.2, 0) is 71.6 Å². The minimum atomic E-state index is -1.91. The summed E-state index contributed by atoms with van der Waals surface area (Å²) in [6.45, 7) is 4.98. The van der Waals surface area contributed by atoms with Gasteiger partial charge in [0.15, 0.2) is 18.7 Å². The van der Waals surface area contributed by atoms with Crippen LogP contribution in [0.2, 0.25) is 0 Å². The number of nitrogens with two attached hydrogens (primary N) is 2. The van der Waals surface area contributed by atoms with Crippen molar-refractivity contribution >= 4 is 59.3 Å². The fraction of sp³-hybridized carbons (Fsp3) is 0.750. The van der Waals surface area contributed by atoms with Gasteiger partial charge in [-0.3, -0.25) is 33.6 Å². The molecule has 0 aliphatic carbocycles. The summed E-state index contributed by atoms with van der Waals surface area (Å²) in [7, 11) is 0. The molecule has 7 amide bonds. The van der Waals surface area contributed by atoms with Crippen molar-refractivity contribution in [2.75, 3.05) is 13.2 Å². The van der Waals surface area contributed by atoms with E-state index in [1.807, 2.05) is 0 Å². The van der Waals surface area contributed by atoms with Gasteiger partial charge in [0.25, 0.3) is 0 Å². The van der Waals surface area contributed by atoms with Crippen molar-refractivity contribution in [3.63, 3.8) is 0 Å². The first-order valence-electron chi connectivity index (χ1n) is 22.0. The van der Waals surface area contributed by atoms with E-state index in [1.165, 1.54) is 13.8 Å². The summed E-state index contributed by atoms with van der Waals surface area (Å²) in [5.74, 6) is -10.5. The minimum absolute atomic E-state index is 0.0210. The summed E-state index contributed by atoms with van der Waals surface area (Å²) >= 11 is 0. The molecule has 2 aliphatic heterocycles. The lowest BCUT2D eigenvalue weighted by Gasteiger charge is -2.48. The summed E-state index contributed by atoms with van der Waals surface area (Å²) in [5, 5.41) is 85.0. The van der Waals surface area contributed by atoms with Gasteiger partial charge in [-0.25, -0.2) is 14.4 Å². The number of primary amides is 1. The van der Waals surface area contributed by atoms with Crippen molar-refractivity contribution in [3.8, 4) is 0 Å². The molecule has 2 rings (SSSR count). The molecule has 0 bridgehead atoms. The highest BCUT2D eigenvalue weighted by atomic mass is 16.7. The second-order valence-electron chi connectivity index (χ2n) is 16.6. The Morgan fingerprint density at radius 1 is 0.643 bits per heavy atom. The summed E-state index contributed by atoms with van der Waals surface area (Å²) < 4.78 is 27.9.